The number of aliphatic hydroxyl groups excluding tert-OH is 1. The average molecular weight is 269 g/mol. The van der Waals surface area contributed by atoms with Gasteiger partial charge in [0.1, 0.15) is 0 Å². The molecule has 2 aliphatic rings. The lowest BCUT2D eigenvalue weighted by Gasteiger charge is -2.29. The third-order valence-electron chi connectivity index (χ3n) is 5.40. The summed E-state index contributed by atoms with van der Waals surface area (Å²) in [5, 5.41) is 9.34. The molecule has 112 valence electrons. The molecule has 2 aliphatic heterocycles. The van der Waals surface area contributed by atoms with Gasteiger partial charge in [0.25, 0.3) is 0 Å². The van der Waals surface area contributed by atoms with E-state index in [1.807, 2.05) is 0 Å². The van der Waals surface area contributed by atoms with Gasteiger partial charge < -0.3 is 15.7 Å². The highest BCUT2D eigenvalue weighted by atomic mass is 16.3. The molecule has 0 aliphatic carbocycles. The first-order chi connectivity index (χ1) is 9.08. The average Bonchev–Trinajstić information content (AvgIpc) is 2.66. The maximum absolute atomic E-state index is 9.34. The SMILES string of the molecule is CCC(N)(CO)CCCN1CCC2CCC(C1)N2C. The van der Waals surface area contributed by atoms with Crippen LogP contribution in [0, 0.1) is 0 Å². The molecule has 0 aromatic heterocycles. The van der Waals surface area contributed by atoms with Crippen LogP contribution in [0.4, 0.5) is 0 Å². The van der Waals surface area contributed by atoms with E-state index in [0.29, 0.717) is 0 Å². The molecule has 3 N–H and O–H groups in total. The molecule has 2 rings (SSSR count). The zero-order valence-electron chi connectivity index (χ0n) is 12.6. The number of fused-ring (bicyclic) bond motifs is 2. The second kappa shape index (κ2) is 6.53. The first kappa shape index (κ1) is 15.2. The molecule has 4 heteroatoms. The number of nitrogens with zero attached hydrogens (tertiary/aromatic N) is 2. The molecule has 2 bridgehead atoms. The van der Waals surface area contributed by atoms with Gasteiger partial charge in [0.2, 0.25) is 0 Å². The second-order valence-corrected chi connectivity index (χ2v) is 6.62. The Morgan fingerprint density at radius 1 is 1.26 bits per heavy atom. The van der Waals surface area contributed by atoms with Gasteiger partial charge in [-0.3, -0.25) is 4.90 Å². The molecule has 0 saturated carbocycles. The summed E-state index contributed by atoms with van der Waals surface area (Å²) in [6.07, 6.45) is 6.96. The van der Waals surface area contributed by atoms with Crippen molar-refractivity contribution < 1.29 is 5.11 Å². The Balaban J connectivity index is 1.75. The summed E-state index contributed by atoms with van der Waals surface area (Å²) in [6.45, 7) is 5.76. The van der Waals surface area contributed by atoms with E-state index in [2.05, 4.69) is 23.8 Å². The van der Waals surface area contributed by atoms with Crippen LogP contribution in [-0.4, -0.2) is 65.8 Å². The van der Waals surface area contributed by atoms with Gasteiger partial charge in [-0.25, -0.2) is 0 Å². The summed E-state index contributed by atoms with van der Waals surface area (Å²) in [5.74, 6) is 0. The van der Waals surface area contributed by atoms with Crippen molar-refractivity contribution in [1.29, 1.82) is 0 Å². The zero-order chi connectivity index (χ0) is 13.9. The van der Waals surface area contributed by atoms with Gasteiger partial charge in [0.15, 0.2) is 0 Å². The third kappa shape index (κ3) is 3.69. The van der Waals surface area contributed by atoms with Crippen molar-refractivity contribution >= 4 is 0 Å². The molecule has 3 unspecified atom stereocenters. The van der Waals surface area contributed by atoms with Crippen LogP contribution in [0.2, 0.25) is 0 Å². The minimum atomic E-state index is -0.359. The minimum absolute atomic E-state index is 0.108. The van der Waals surface area contributed by atoms with Crippen molar-refractivity contribution in [3.05, 3.63) is 0 Å². The van der Waals surface area contributed by atoms with E-state index in [-0.39, 0.29) is 12.1 Å². The summed E-state index contributed by atoms with van der Waals surface area (Å²) >= 11 is 0. The molecular formula is C15H31N3O. The van der Waals surface area contributed by atoms with Crippen LogP contribution in [0.25, 0.3) is 0 Å². The van der Waals surface area contributed by atoms with Gasteiger partial charge in [0.05, 0.1) is 6.61 Å². The highest BCUT2D eigenvalue weighted by molar-refractivity contribution is 4.91. The standard InChI is InChI=1S/C15H31N3O/c1-3-15(16,12-19)8-4-9-18-10-7-13-5-6-14(11-18)17(13)2/h13-14,19H,3-12,16H2,1-2H3. The smallest absolute Gasteiger partial charge is 0.0611 e. The maximum atomic E-state index is 9.34. The highest BCUT2D eigenvalue weighted by Crippen LogP contribution is 2.28. The monoisotopic (exact) mass is 269 g/mol. The van der Waals surface area contributed by atoms with Crippen LogP contribution in [0.5, 0.6) is 0 Å². The number of rotatable bonds is 6. The fourth-order valence-electron chi connectivity index (χ4n) is 3.60. The molecular weight excluding hydrogens is 238 g/mol. The zero-order valence-corrected chi connectivity index (χ0v) is 12.6. The van der Waals surface area contributed by atoms with E-state index in [1.165, 1.54) is 32.4 Å². The van der Waals surface area contributed by atoms with Gasteiger partial charge in [-0.15, -0.1) is 0 Å². The largest absolute Gasteiger partial charge is 0.394 e. The van der Waals surface area contributed by atoms with Gasteiger partial charge in [-0.1, -0.05) is 6.92 Å². The van der Waals surface area contributed by atoms with Crippen LogP contribution in [0.1, 0.15) is 45.4 Å². The summed E-state index contributed by atoms with van der Waals surface area (Å²) in [5.41, 5.74) is 5.79. The van der Waals surface area contributed by atoms with E-state index in [1.54, 1.807) is 0 Å². The van der Waals surface area contributed by atoms with Crippen LogP contribution in [0.3, 0.4) is 0 Å². The quantitative estimate of drug-likeness (QED) is 0.756. The van der Waals surface area contributed by atoms with Gasteiger partial charge in [-0.05, 0) is 58.7 Å². The molecule has 4 nitrogen and oxygen atoms in total. The molecule has 3 atom stereocenters. The predicted octanol–water partition coefficient (Wildman–Crippen LogP) is 1.03. The van der Waals surface area contributed by atoms with Gasteiger partial charge >= 0.3 is 0 Å². The van der Waals surface area contributed by atoms with E-state index in [9.17, 15) is 5.11 Å². The Labute approximate surface area is 117 Å². The molecule has 2 heterocycles. The number of nitrogens with two attached hydrogens (primary N) is 1. The van der Waals surface area contributed by atoms with Crippen LogP contribution >= 0.6 is 0 Å². The Kier molecular flexibility index (Phi) is 5.23. The highest BCUT2D eigenvalue weighted by Gasteiger charge is 2.34. The third-order valence-corrected chi connectivity index (χ3v) is 5.40. The number of likely N-dealkylation sites (tertiary alicyclic amines) is 1. The van der Waals surface area contributed by atoms with Crippen molar-refractivity contribution in [3.8, 4) is 0 Å². The normalized spacial score (nSPS) is 32.2. The first-order valence-electron chi connectivity index (χ1n) is 7.92. The first-order valence-corrected chi connectivity index (χ1v) is 7.92. The molecule has 0 aromatic carbocycles. The summed E-state index contributed by atoms with van der Waals surface area (Å²) in [7, 11) is 2.29. The lowest BCUT2D eigenvalue weighted by molar-refractivity contribution is 0.168. The predicted molar refractivity (Wildman–Crippen MR) is 79.2 cm³/mol. The maximum Gasteiger partial charge on any atom is 0.0611 e. The molecule has 0 amide bonds. The molecule has 2 saturated heterocycles. The molecule has 0 radical (unpaired) electrons. The molecule has 19 heavy (non-hydrogen) atoms. The number of aliphatic hydroxyl groups is 1. The van der Waals surface area contributed by atoms with Crippen molar-refractivity contribution in [2.45, 2.75) is 63.1 Å². The van der Waals surface area contributed by atoms with E-state index >= 15 is 0 Å². The number of hydrogen-bond donors (Lipinski definition) is 2. The molecule has 2 fully saturated rings. The summed E-state index contributed by atoms with van der Waals surface area (Å²) in [4.78, 5) is 5.20. The Hall–Kier alpha value is -0.160. The van der Waals surface area contributed by atoms with Crippen molar-refractivity contribution in [1.82, 2.24) is 9.80 Å². The summed E-state index contributed by atoms with van der Waals surface area (Å²) < 4.78 is 0. The Morgan fingerprint density at radius 3 is 2.68 bits per heavy atom. The Morgan fingerprint density at radius 2 is 2.00 bits per heavy atom. The molecule has 0 spiro atoms. The van der Waals surface area contributed by atoms with Crippen LogP contribution in [-0.2, 0) is 0 Å². The van der Waals surface area contributed by atoms with E-state index < -0.39 is 0 Å². The van der Waals surface area contributed by atoms with Crippen molar-refractivity contribution in [2.24, 2.45) is 5.73 Å². The number of hydrogen-bond acceptors (Lipinski definition) is 4. The van der Waals surface area contributed by atoms with Gasteiger partial charge in [-0.2, -0.15) is 0 Å². The Bertz CT molecular complexity index is 281. The van der Waals surface area contributed by atoms with Crippen molar-refractivity contribution in [3.63, 3.8) is 0 Å². The lowest BCUT2D eigenvalue weighted by Crippen LogP contribution is -2.44. The second-order valence-electron chi connectivity index (χ2n) is 6.62. The van der Waals surface area contributed by atoms with Crippen molar-refractivity contribution in [2.75, 3.05) is 33.3 Å². The molecule has 0 aromatic rings. The number of likely N-dealkylation sites (N-methyl/N-ethyl adjacent to an activating group) is 1. The minimum Gasteiger partial charge on any atom is -0.394 e. The fourth-order valence-corrected chi connectivity index (χ4v) is 3.60. The topological polar surface area (TPSA) is 52.7 Å². The lowest BCUT2D eigenvalue weighted by atomic mass is 9.92. The summed E-state index contributed by atoms with van der Waals surface area (Å²) in [6, 6.07) is 1.58. The van der Waals surface area contributed by atoms with Gasteiger partial charge in [0, 0.05) is 24.2 Å². The van der Waals surface area contributed by atoms with E-state index in [0.717, 1.165) is 37.9 Å². The van der Waals surface area contributed by atoms with E-state index in [4.69, 9.17) is 5.73 Å². The van der Waals surface area contributed by atoms with Crippen LogP contribution in [0.15, 0.2) is 0 Å². The van der Waals surface area contributed by atoms with Crippen LogP contribution < -0.4 is 5.73 Å². The fraction of sp³-hybridized carbons (Fsp3) is 1.00.